The van der Waals surface area contributed by atoms with E-state index >= 15 is 0 Å². The summed E-state index contributed by atoms with van der Waals surface area (Å²) in [5, 5.41) is 2.30. The van der Waals surface area contributed by atoms with Gasteiger partial charge in [-0.3, -0.25) is 10.1 Å². The van der Waals surface area contributed by atoms with E-state index in [1.165, 1.54) is 12.1 Å². The lowest BCUT2D eigenvalue weighted by Crippen LogP contribution is -2.27. The van der Waals surface area contributed by atoms with E-state index in [9.17, 15) is 14.0 Å². The number of hydrogen-bond donors (Lipinski definition) is 1. The van der Waals surface area contributed by atoms with Crippen molar-refractivity contribution in [1.82, 2.24) is 0 Å². The molecule has 1 rings (SSSR count). The first-order chi connectivity index (χ1) is 10.7. The molecule has 1 amide bonds. The van der Waals surface area contributed by atoms with Gasteiger partial charge in [-0.1, -0.05) is 11.6 Å². The second kappa shape index (κ2) is 8.50. The lowest BCUT2D eigenvalue weighted by Gasteiger charge is -2.20. The van der Waals surface area contributed by atoms with Crippen molar-refractivity contribution < 1.29 is 18.7 Å². The van der Waals surface area contributed by atoms with Crippen molar-refractivity contribution in [2.75, 3.05) is 11.2 Å². The number of carbonyl (C=O) groups is 2. The van der Waals surface area contributed by atoms with Gasteiger partial charge in [-0.05, 0) is 45.7 Å². The number of anilines is 1. The summed E-state index contributed by atoms with van der Waals surface area (Å²) in [6.07, 6.45) is 0.531. The number of hydrogen-bond acceptors (Lipinski definition) is 3. The minimum Gasteiger partial charge on any atom is -0.444 e. The number of rotatable bonds is 6. The Balaban J connectivity index is 2.94. The monoisotopic (exact) mass is 363 g/mol. The molecule has 4 nitrogen and oxygen atoms in total. The summed E-state index contributed by atoms with van der Waals surface area (Å²) in [5.41, 5.74) is -1.09. The molecular formula is C16H20Cl2FNO3. The van der Waals surface area contributed by atoms with Crippen molar-refractivity contribution in [3.63, 3.8) is 0 Å². The third kappa shape index (κ3) is 6.36. The first-order valence-corrected chi connectivity index (χ1v) is 8.14. The molecule has 1 aromatic carbocycles. The van der Waals surface area contributed by atoms with Crippen LogP contribution < -0.4 is 5.32 Å². The van der Waals surface area contributed by atoms with Crippen LogP contribution >= 0.6 is 23.2 Å². The molecule has 0 saturated heterocycles. The third-order valence-electron chi connectivity index (χ3n) is 2.79. The zero-order chi connectivity index (χ0) is 17.6. The van der Waals surface area contributed by atoms with E-state index in [4.69, 9.17) is 27.9 Å². The number of Topliss-reactive ketones (excluding diaryl/α,β-unsaturated/α-hetero) is 1. The highest BCUT2D eigenvalue weighted by molar-refractivity contribution is 6.34. The van der Waals surface area contributed by atoms with Crippen LogP contribution in [-0.4, -0.2) is 23.4 Å². The molecule has 0 heterocycles. The number of unbranched alkanes of at least 4 members (excludes halogenated alkanes) is 1. The molecule has 0 radical (unpaired) electrons. The van der Waals surface area contributed by atoms with Gasteiger partial charge in [-0.2, -0.15) is 0 Å². The van der Waals surface area contributed by atoms with Crippen LogP contribution in [0.5, 0.6) is 0 Å². The smallest absolute Gasteiger partial charge is 0.412 e. The number of nitrogens with one attached hydrogen (secondary N) is 1. The van der Waals surface area contributed by atoms with Gasteiger partial charge in [0, 0.05) is 12.3 Å². The fraction of sp³-hybridized carbons (Fsp3) is 0.500. The highest BCUT2D eigenvalue weighted by Crippen LogP contribution is 2.28. The first-order valence-electron chi connectivity index (χ1n) is 7.23. The van der Waals surface area contributed by atoms with Gasteiger partial charge in [0.25, 0.3) is 0 Å². The third-order valence-corrected chi connectivity index (χ3v) is 3.38. The van der Waals surface area contributed by atoms with Gasteiger partial charge in [-0.15, -0.1) is 11.6 Å². The fourth-order valence-corrected chi connectivity index (χ4v) is 2.26. The molecule has 0 aliphatic rings. The Bertz CT molecular complexity index is 585. The van der Waals surface area contributed by atoms with Crippen molar-refractivity contribution in [2.24, 2.45) is 0 Å². The summed E-state index contributed by atoms with van der Waals surface area (Å²) in [7, 11) is 0. The van der Waals surface area contributed by atoms with Gasteiger partial charge in [-0.25, -0.2) is 9.18 Å². The molecule has 0 bridgehead atoms. The molecule has 0 atom stereocenters. The maximum absolute atomic E-state index is 14.5. The second-order valence-corrected chi connectivity index (χ2v) is 6.77. The summed E-state index contributed by atoms with van der Waals surface area (Å²) in [6.45, 7) is 5.07. The van der Waals surface area contributed by atoms with Crippen LogP contribution in [0.2, 0.25) is 5.02 Å². The normalized spacial score (nSPS) is 11.2. The van der Waals surface area contributed by atoms with Gasteiger partial charge in [0.1, 0.15) is 5.60 Å². The predicted molar refractivity (Wildman–Crippen MR) is 90.2 cm³/mol. The Morgan fingerprint density at radius 2 is 1.91 bits per heavy atom. The van der Waals surface area contributed by atoms with Gasteiger partial charge in [0.2, 0.25) is 0 Å². The molecule has 128 valence electrons. The number of alkyl halides is 1. The van der Waals surface area contributed by atoms with Crippen molar-refractivity contribution in [1.29, 1.82) is 0 Å². The van der Waals surface area contributed by atoms with Crippen LogP contribution in [0, 0.1) is 5.82 Å². The summed E-state index contributed by atoms with van der Waals surface area (Å²) in [4.78, 5) is 23.8. The molecule has 0 spiro atoms. The van der Waals surface area contributed by atoms with Crippen molar-refractivity contribution >= 4 is 40.8 Å². The van der Waals surface area contributed by atoms with Crippen molar-refractivity contribution in [2.45, 2.75) is 45.6 Å². The number of halogens is 3. The highest BCUT2D eigenvalue weighted by Gasteiger charge is 2.22. The average Bonchev–Trinajstić information content (AvgIpc) is 2.40. The zero-order valence-electron chi connectivity index (χ0n) is 13.3. The van der Waals surface area contributed by atoms with E-state index in [0.717, 1.165) is 0 Å². The summed E-state index contributed by atoms with van der Waals surface area (Å²) in [5.74, 6) is -0.853. The Morgan fingerprint density at radius 3 is 2.48 bits per heavy atom. The molecule has 23 heavy (non-hydrogen) atoms. The maximum Gasteiger partial charge on any atom is 0.412 e. The van der Waals surface area contributed by atoms with Gasteiger partial charge in [0.05, 0.1) is 16.3 Å². The van der Waals surface area contributed by atoms with E-state index in [0.29, 0.717) is 18.7 Å². The Labute approximate surface area is 145 Å². The van der Waals surface area contributed by atoms with Gasteiger partial charge < -0.3 is 4.74 Å². The molecule has 0 saturated carbocycles. The second-order valence-electron chi connectivity index (χ2n) is 5.98. The lowest BCUT2D eigenvalue weighted by atomic mass is 10.0. The quantitative estimate of drug-likeness (QED) is 0.417. The molecule has 1 N–H and O–H groups in total. The highest BCUT2D eigenvalue weighted by atomic mass is 35.5. The number of benzene rings is 1. The largest absolute Gasteiger partial charge is 0.444 e. The van der Waals surface area contributed by atoms with Crippen molar-refractivity contribution in [3.05, 3.63) is 28.5 Å². The maximum atomic E-state index is 14.5. The van der Waals surface area contributed by atoms with E-state index in [-0.39, 0.29) is 22.7 Å². The van der Waals surface area contributed by atoms with Crippen molar-refractivity contribution in [3.8, 4) is 0 Å². The molecule has 0 fully saturated rings. The summed E-state index contributed by atoms with van der Waals surface area (Å²) < 4.78 is 19.5. The number of amides is 1. The van der Waals surface area contributed by atoms with E-state index in [1.807, 2.05) is 0 Å². The topological polar surface area (TPSA) is 55.4 Å². The molecular weight excluding hydrogens is 344 g/mol. The standard InChI is InChI=1S/C16H20Cl2FNO3/c1-16(2,3)23-15(22)20-11-8-7-10(18)13(14(11)19)12(21)6-4-5-9-17/h7-8H,4-6,9H2,1-3H3,(H,20,22). The number of ketones is 1. The number of carbonyl (C=O) groups excluding carboxylic acids is 2. The van der Waals surface area contributed by atoms with Crippen LogP contribution in [0.15, 0.2) is 12.1 Å². The van der Waals surface area contributed by atoms with Crippen LogP contribution in [0.25, 0.3) is 0 Å². The molecule has 7 heteroatoms. The average molecular weight is 364 g/mol. The Kier molecular flexibility index (Phi) is 7.29. The van der Waals surface area contributed by atoms with E-state index < -0.39 is 23.3 Å². The minimum atomic E-state index is -0.862. The minimum absolute atomic E-state index is 0.00751. The Hall–Kier alpha value is -1.33. The van der Waals surface area contributed by atoms with Crippen LogP contribution in [0.1, 0.15) is 50.4 Å². The summed E-state index contributed by atoms with van der Waals surface area (Å²) in [6, 6.07) is 2.66. The Morgan fingerprint density at radius 1 is 1.26 bits per heavy atom. The van der Waals surface area contributed by atoms with Gasteiger partial charge >= 0.3 is 6.09 Å². The molecule has 0 aromatic heterocycles. The molecule has 0 unspecified atom stereocenters. The van der Waals surface area contributed by atoms with Crippen LogP contribution in [0.3, 0.4) is 0 Å². The van der Waals surface area contributed by atoms with E-state index in [1.54, 1.807) is 20.8 Å². The zero-order valence-corrected chi connectivity index (χ0v) is 14.9. The SMILES string of the molecule is CC(C)(C)OC(=O)Nc1ccc(Cl)c(C(=O)CCCCCl)c1F. The molecule has 0 aliphatic carbocycles. The fourth-order valence-electron chi connectivity index (χ4n) is 1.82. The molecule has 1 aromatic rings. The van der Waals surface area contributed by atoms with E-state index in [2.05, 4.69) is 5.32 Å². The first kappa shape index (κ1) is 19.7. The molecule has 0 aliphatic heterocycles. The van der Waals surface area contributed by atoms with Gasteiger partial charge in [0.15, 0.2) is 11.6 Å². The van der Waals surface area contributed by atoms with Crippen LogP contribution in [0.4, 0.5) is 14.9 Å². The van der Waals surface area contributed by atoms with Crippen LogP contribution in [-0.2, 0) is 4.74 Å². The number of ether oxygens (including phenoxy) is 1. The summed E-state index contributed by atoms with van der Waals surface area (Å²) >= 11 is 11.5. The lowest BCUT2D eigenvalue weighted by molar-refractivity contribution is 0.0634. The predicted octanol–water partition coefficient (Wildman–Crippen LogP) is 5.42.